The van der Waals surface area contributed by atoms with Crippen LogP contribution in [0.3, 0.4) is 0 Å². The Bertz CT molecular complexity index is 834. The monoisotopic (exact) mass is 368 g/mol. The molecule has 0 spiro atoms. The average Bonchev–Trinajstić information content (AvgIpc) is 3.15. The molecule has 1 aromatic carbocycles. The van der Waals surface area contributed by atoms with Crippen LogP contribution in [-0.2, 0) is 21.2 Å². The number of carbonyl (C=O) groups is 1. The minimum atomic E-state index is -3.28. The first-order valence-corrected chi connectivity index (χ1v) is 9.56. The lowest BCUT2D eigenvalue weighted by Crippen LogP contribution is -2.25. The zero-order valence-electron chi connectivity index (χ0n) is 12.9. The fourth-order valence-corrected chi connectivity index (χ4v) is 4.53. The summed E-state index contributed by atoms with van der Waals surface area (Å²) in [6.45, 7) is 0.427. The van der Waals surface area contributed by atoms with Crippen molar-refractivity contribution in [2.45, 2.75) is 19.3 Å². The van der Waals surface area contributed by atoms with Crippen LogP contribution in [0.25, 0.3) is 0 Å². The van der Waals surface area contributed by atoms with Crippen molar-refractivity contribution in [3.05, 3.63) is 47.4 Å². The van der Waals surface area contributed by atoms with Gasteiger partial charge in [0.05, 0.1) is 22.7 Å². The van der Waals surface area contributed by atoms with E-state index in [1.807, 2.05) is 6.07 Å². The number of furan rings is 1. The van der Waals surface area contributed by atoms with Gasteiger partial charge in [-0.3, -0.25) is 9.10 Å². The molecule has 0 atom stereocenters. The number of nitrogens with zero attached hydrogens (tertiary/aromatic N) is 1. The Kier molecular flexibility index (Phi) is 4.82. The van der Waals surface area contributed by atoms with E-state index in [9.17, 15) is 13.2 Å². The largest absolute Gasteiger partial charge is 0.469 e. The van der Waals surface area contributed by atoms with E-state index >= 15 is 0 Å². The number of sulfonamides is 1. The lowest BCUT2D eigenvalue weighted by Gasteiger charge is -2.19. The van der Waals surface area contributed by atoms with Crippen LogP contribution < -0.4 is 9.62 Å². The van der Waals surface area contributed by atoms with Crippen molar-refractivity contribution in [2.24, 2.45) is 0 Å². The van der Waals surface area contributed by atoms with Crippen molar-refractivity contribution in [1.82, 2.24) is 0 Å². The predicted octanol–water partition coefficient (Wildman–Crippen LogP) is 3.04. The number of rotatable bonds is 5. The second-order valence-corrected chi connectivity index (χ2v) is 7.96. The number of aryl methyl sites for hydroxylation is 1. The van der Waals surface area contributed by atoms with Gasteiger partial charge in [0.1, 0.15) is 5.76 Å². The number of benzene rings is 1. The summed E-state index contributed by atoms with van der Waals surface area (Å²) in [6, 6.07) is 8.43. The fraction of sp³-hybridized carbons (Fsp3) is 0.312. The average molecular weight is 369 g/mol. The zero-order valence-corrected chi connectivity index (χ0v) is 14.4. The van der Waals surface area contributed by atoms with Crippen LogP contribution in [0.1, 0.15) is 18.6 Å². The van der Waals surface area contributed by atoms with Gasteiger partial charge in [0.15, 0.2) is 0 Å². The molecule has 1 N–H and O–H groups in total. The van der Waals surface area contributed by atoms with Crippen LogP contribution in [0.5, 0.6) is 0 Å². The Morgan fingerprint density at radius 2 is 2.17 bits per heavy atom. The third-order valence-corrected chi connectivity index (χ3v) is 5.94. The normalized spacial score (nSPS) is 16.3. The van der Waals surface area contributed by atoms with Crippen molar-refractivity contribution >= 4 is 38.9 Å². The van der Waals surface area contributed by atoms with E-state index in [1.165, 1.54) is 4.31 Å². The summed E-state index contributed by atoms with van der Waals surface area (Å²) in [6.07, 6.45) is 2.95. The van der Waals surface area contributed by atoms with E-state index in [2.05, 4.69) is 5.32 Å². The van der Waals surface area contributed by atoms with E-state index < -0.39 is 10.0 Å². The summed E-state index contributed by atoms with van der Waals surface area (Å²) in [4.78, 5) is 12.0. The third-order valence-electron chi connectivity index (χ3n) is 3.78. The van der Waals surface area contributed by atoms with Crippen molar-refractivity contribution in [1.29, 1.82) is 0 Å². The number of hydrogen-bond acceptors (Lipinski definition) is 4. The van der Waals surface area contributed by atoms with Crippen LogP contribution in [0.2, 0.25) is 5.02 Å². The SMILES string of the molecule is O=C(CCc1ccco1)Nc1ccc(N2CCCS2(=O)=O)c(Cl)c1. The van der Waals surface area contributed by atoms with Crippen molar-refractivity contribution in [3.63, 3.8) is 0 Å². The molecule has 1 saturated heterocycles. The molecule has 0 unspecified atom stereocenters. The predicted molar refractivity (Wildman–Crippen MR) is 92.9 cm³/mol. The van der Waals surface area contributed by atoms with Crippen molar-refractivity contribution in [3.8, 4) is 0 Å². The Hall–Kier alpha value is -1.99. The standard InChI is InChI=1S/C16H17ClN2O4S/c17-14-11-12(18-16(20)7-5-13-3-1-9-23-13)4-6-15(14)19-8-2-10-24(19,21)22/h1,3-4,6,9,11H,2,5,7-8,10H2,(H,18,20). The molecule has 24 heavy (non-hydrogen) atoms. The first kappa shape index (κ1) is 16.9. The molecule has 0 bridgehead atoms. The number of amides is 1. The van der Waals surface area contributed by atoms with Gasteiger partial charge >= 0.3 is 0 Å². The topological polar surface area (TPSA) is 79.6 Å². The summed E-state index contributed by atoms with van der Waals surface area (Å²) in [5.74, 6) is 0.719. The maximum Gasteiger partial charge on any atom is 0.235 e. The summed E-state index contributed by atoms with van der Waals surface area (Å²) in [5.41, 5.74) is 0.979. The molecule has 1 fully saturated rings. The highest BCUT2D eigenvalue weighted by Gasteiger charge is 2.29. The molecular formula is C16H17ClN2O4S. The first-order chi connectivity index (χ1) is 11.5. The molecule has 1 aromatic heterocycles. The molecule has 2 heterocycles. The minimum absolute atomic E-state index is 0.134. The highest BCUT2D eigenvalue weighted by atomic mass is 35.5. The highest BCUT2D eigenvalue weighted by molar-refractivity contribution is 7.93. The van der Waals surface area contributed by atoms with E-state index in [0.717, 1.165) is 5.76 Å². The molecule has 0 saturated carbocycles. The lowest BCUT2D eigenvalue weighted by molar-refractivity contribution is -0.116. The van der Waals surface area contributed by atoms with E-state index in [1.54, 1.807) is 30.5 Å². The fourth-order valence-electron chi connectivity index (χ4n) is 2.61. The Labute approximate surface area is 145 Å². The molecular weight excluding hydrogens is 352 g/mol. The molecule has 3 rings (SSSR count). The van der Waals surface area contributed by atoms with Crippen LogP contribution in [0.15, 0.2) is 41.0 Å². The number of carbonyl (C=O) groups excluding carboxylic acids is 1. The Morgan fingerprint density at radius 3 is 2.79 bits per heavy atom. The summed E-state index contributed by atoms with van der Waals surface area (Å²) < 4.78 is 30.4. The number of anilines is 2. The molecule has 1 aliphatic rings. The van der Waals surface area contributed by atoms with E-state index in [4.69, 9.17) is 16.0 Å². The quantitative estimate of drug-likeness (QED) is 0.879. The lowest BCUT2D eigenvalue weighted by atomic mass is 10.2. The Morgan fingerprint density at radius 1 is 1.33 bits per heavy atom. The maximum absolute atomic E-state index is 12.0. The number of nitrogens with one attached hydrogen (secondary N) is 1. The number of hydrogen-bond donors (Lipinski definition) is 1. The van der Waals surface area contributed by atoms with Crippen LogP contribution in [0, 0.1) is 0 Å². The molecule has 6 nitrogen and oxygen atoms in total. The van der Waals surface area contributed by atoms with Crippen LogP contribution in [0.4, 0.5) is 11.4 Å². The van der Waals surface area contributed by atoms with Gasteiger partial charge < -0.3 is 9.73 Å². The van der Waals surface area contributed by atoms with Gasteiger partial charge in [0.25, 0.3) is 0 Å². The summed E-state index contributed by atoms with van der Waals surface area (Å²) in [7, 11) is -3.28. The highest BCUT2D eigenvalue weighted by Crippen LogP contribution is 2.33. The number of halogens is 1. The van der Waals surface area contributed by atoms with Crippen LogP contribution >= 0.6 is 11.6 Å². The van der Waals surface area contributed by atoms with Gasteiger partial charge in [-0.2, -0.15) is 0 Å². The summed E-state index contributed by atoms with van der Waals surface area (Å²) in [5, 5.41) is 3.05. The van der Waals surface area contributed by atoms with Crippen molar-refractivity contribution < 1.29 is 17.6 Å². The maximum atomic E-state index is 12.0. The first-order valence-electron chi connectivity index (χ1n) is 7.58. The summed E-state index contributed by atoms with van der Waals surface area (Å²) >= 11 is 6.21. The molecule has 0 radical (unpaired) electrons. The molecule has 0 aliphatic carbocycles. The smallest absolute Gasteiger partial charge is 0.235 e. The second kappa shape index (κ2) is 6.86. The zero-order chi connectivity index (χ0) is 17.2. The Balaban J connectivity index is 1.65. The van der Waals surface area contributed by atoms with E-state index in [-0.39, 0.29) is 18.1 Å². The minimum Gasteiger partial charge on any atom is -0.469 e. The van der Waals surface area contributed by atoms with Crippen LogP contribution in [-0.4, -0.2) is 26.6 Å². The van der Waals surface area contributed by atoms with Gasteiger partial charge in [-0.05, 0) is 36.8 Å². The second-order valence-electron chi connectivity index (χ2n) is 5.54. The molecule has 128 valence electrons. The van der Waals surface area contributed by atoms with Gasteiger partial charge in [0, 0.05) is 25.1 Å². The molecule has 2 aromatic rings. The van der Waals surface area contributed by atoms with Gasteiger partial charge in [0.2, 0.25) is 15.9 Å². The van der Waals surface area contributed by atoms with Crippen molar-refractivity contribution in [2.75, 3.05) is 21.9 Å². The van der Waals surface area contributed by atoms with Gasteiger partial charge in [-0.25, -0.2) is 8.42 Å². The molecule has 1 aliphatic heterocycles. The van der Waals surface area contributed by atoms with E-state index in [0.29, 0.717) is 35.8 Å². The molecule has 1 amide bonds. The van der Waals surface area contributed by atoms with Gasteiger partial charge in [-0.15, -0.1) is 0 Å². The third kappa shape index (κ3) is 3.73. The molecule has 8 heteroatoms. The van der Waals surface area contributed by atoms with Gasteiger partial charge in [-0.1, -0.05) is 11.6 Å².